The standard InChI is InChI=1S/C16H21N5O3/c1-4-13-12(5-10(2)19-20-13)16(22)18-14-8-23-9-15(14)24-11-6-17-21(3)7-11/h5-7,14-15H,4,8-9H2,1-3H3,(H,18,22)/t14-,15+/m0/s1. The Kier molecular flexibility index (Phi) is 4.75. The SMILES string of the molecule is CCc1nnc(C)cc1C(=O)N[C@H]1COC[C@H]1Oc1cnn(C)c1. The minimum absolute atomic E-state index is 0.180. The van der Waals surface area contributed by atoms with E-state index in [0.29, 0.717) is 42.3 Å². The van der Waals surface area contributed by atoms with Crippen LogP contribution in [0.3, 0.4) is 0 Å². The molecule has 0 unspecified atom stereocenters. The lowest BCUT2D eigenvalue weighted by atomic mass is 10.1. The van der Waals surface area contributed by atoms with E-state index in [2.05, 4.69) is 20.6 Å². The number of hydrogen-bond acceptors (Lipinski definition) is 6. The molecule has 1 amide bonds. The van der Waals surface area contributed by atoms with Crippen LogP contribution in [0, 0.1) is 6.92 Å². The predicted molar refractivity (Wildman–Crippen MR) is 85.8 cm³/mol. The van der Waals surface area contributed by atoms with Gasteiger partial charge in [-0.15, -0.1) is 0 Å². The van der Waals surface area contributed by atoms with Gasteiger partial charge >= 0.3 is 0 Å². The first-order valence-electron chi connectivity index (χ1n) is 7.94. The Morgan fingerprint density at radius 3 is 3.00 bits per heavy atom. The van der Waals surface area contributed by atoms with Gasteiger partial charge in [-0.1, -0.05) is 6.92 Å². The number of carbonyl (C=O) groups is 1. The highest BCUT2D eigenvalue weighted by Crippen LogP contribution is 2.17. The first-order chi connectivity index (χ1) is 11.6. The van der Waals surface area contributed by atoms with Crippen molar-refractivity contribution in [1.82, 2.24) is 25.3 Å². The molecule has 1 fully saturated rings. The Morgan fingerprint density at radius 1 is 1.46 bits per heavy atom. The number of nitrogens with zero attached hydrogens (tertiary/aromatic N) is 4. The molecular weight excluding hydrogens is 310 g/mol. The highest BCUT2D eigenvalue weighted by Gasteiger charge is 2.32. The Labute approximate surface area is 140 Å². The number of nitrogens with one attached hydrogen (secondary N) is 1. The lowest BCUT2D eigenvalue weighted by molar-refractivity contribution is 0.0902. The molecule has 1 aliphatic rings. The van der Waals surface area contributed by atoms with Gasteiger partial charge in [0.25, 0.3) is 5.91 Å². The molecule has 0 saturated carbocycles. The van der Waals surface area contributed by atoms with Crippen LogP contribution in [0.5, 0.6) is 5.75 Å². The maximum absolute atomic E-state index is 12.6. The molecule has 8 nitrogen and oxygen atoms in total. The minimum Gasteiger partial charge on any atom is -0.482 e. The molecule has 0 spiro atoms. The fourth-order valence-electron chi connectivity index (χ4n) is 2.64. The molecule has 3 rings (SSSR count). The molecule has 0 aliphatic carbocycles. The van der Waals surface area contributed by atoms with Crippen molar-refractivity contribution in [3.8, 4) is 5.75 Å². The molecule has 0 bridgehead atoms. The van der Waals surface area contributed by atoms with Crippen LogP contribution in [0.15, 0.2) is 18.5 Å². The summed E-state index contributed by atoms with van der Waals surface area (Å²) in [6.45, 7) is 4.60. The van der Waals surface area contributed by atoms with Gasteiger partial charge in [0.2, 0.25) is 0 Å². The topological polar surface area (TPSA) is 91.2 Å². The van der Waals surface area contributed by atoms with Gasteiger partial charge in [0.05, 0.1) is 48.6 Å². The average molecular weight is 331 g/mol. The second-order valence-corrected chi connectivity index (χ2v) is 5.82. The Morgan fingerprint density at radius 2 is 2.29 bits per heavy atom. The molecule has 8 heteroatoms. The zero-order chi connectivity index (χ0) is 17.1. The molecule has 24 heavy (non-hydrogen) atoms. The van der Waals surface area contributed by atoms with E-state index in [1.165, 1.54) is 0 Å². The Hall–Kier alpha value is -2.48. The number of ether oxygens (including phenoxy) is 2. The third-order valence-corrected chi connectivity index (χ3v) is 3.89. The monoisotopic (exact) mass is 331 g/mol. The van der Waals surface area contributed by atoms with Gasteiger partial charge in [0.1, 0.15) is 6.10 Å². The van der Waals surface area contributed by atoms with Crippen molar-refractivity contribution in [1.29, 1.82) is 0 Å². The largest absolute Gasteiger partial charge is 0.482 e. The van der Waals surface area contributed by atoms with E-state index in [-0.39, 0.29) is 18.1 Å². The van der Waals surface area contributed by atoms with E-state index in [0.717, 1.165) is 0 Å². The molecule has 2 aromatic rings. The summed E-state index contributed by atoms with van der Waals surface area (Å²) in [7, 11) is 1.82. The first-order valence-corrected chi connectivity index (χ1v) is 7.94. The van der Waals surface area contributed by atoms with E-state index in [1.54, 1.807) is 23.1 Å². The molecule has 2 aromatic heterocycles. The number of rotatable bonds is 5. The first kappa shape index (κ1) is 16.4. The lowest BCUT2D eigenvalue weighted by Gasteiger charge is -2.20. The third kappa shape index (κ3) is 3.53. The Balaban J connectivity index is 1.70. The number of aromatic nitrogens is 4. The second-order valence-electron chi connectivity index (χ2n) is 5.82. The van der Waals surface area contributed by atoms with Crippen LogP contribution < -0.4 is 10.1 Å². The molecule has 2 atom stereocenters. The Bertz CT molecular complexity index is 730. The maximum Gasteiger partial charge on any atom is 0.253 e. The van der Waals surface area contributed by atoms with Crippen LogP contribution in [0.2, 0.25) is 0 Å². The van der Waals surface area contributed by atoms with Crippen molar-refractivity contribution in [2.75, 3.05) is 13.2 Å². The van der Waals surface area contributed by atoms with Gasteiger partial charge in [-0.3, -0.25) is 9.48 Å². The van der Waals surface area contributed by atoms with E-state index >= 15 is 0 Å². The van der Waals surface area contributed by atoms with Gasteiger partial charge in [0, 0.05) is 7.05 Å². The highest BCUT2D eigenvalue weighted by molar-refractivity contribution is 5.95. The normalized spacial score (nSPS) is 20.1. The van der Waals surface area contributed by atoms with E-state index < -0.39 is 0 Å². The van der Waals surface area contributed by atoms with Gasteiger partial charge < -0.3 is 14.8 Å². The van der Waals surface area contributed by atoms with Crippen molar-refractivity contribution in [2.45, 2.75) is 32.4 Å². The van der Waals surface area contributed by atoms with Crippen molar-refractivity contribution in [2.24, 2.45) is 7.05 Å². The zero-order valence-electron chi connectivity index (χ0n) is 14.0. The van der Waals surface area contributed by atoms with Gasteiger partial charge in [-0.25, -0.2) is 0 Å². The summed E-state index contributed by atoms with van der Waals surface area (Å²) in [5.41, 5.74) is 1.95. The predicted octanol–water partition coefficient (Wildman–Crippen LogP) is 0.657. The summed E-state index contributed by atoms with van der Waals surface area (Å²) in [6.07, 6.45) is 3.82. The fraction of sp³-hybridized carbons (Fsp3) is 0.500. The number of carbonyl (C=O) groups excluding carboxylic acids is 1. The smallest absolute Gasteiger partial charge is 0.253 e. The highest BCUT2D eigenvalue weighted by atomic mass is 16.5. The molecule has 3 heterocycles. The minimum atomic E-state index is -0.251. The van der Waals surface area contributed by atoms with Crippen LogP contribution in [0.25, 0.3) is 0 Å². The molecule has 0 aromatic carbocycles. The van der Waals surface area contributed by atoms with Crippen molar-refractivity contribution < 1.29 is 14.3 Å². The number of hydrogen-bond donors (Lipinski definition) is 1. The number of amides is 1. The summed E-state index contributed by atoms with van der Waals surface area (Å²) in [5, 5.41) is 15.2. The summed E-state index contributed by atoms with van der Waals surface area (Å²) in [5.74, 6) is 0.475. The van der Waals surface area contributed by atoms with Crippen molar-refractivity contribution in [3.05, 3.63) is 35.4 Å². The van der Waals surface area contributed by atoms with Gasteiger partial charge in [-0.2, -0.15) is 15.3 Å². The van der Waals surface area contributed by atoms with Crippen LogP contribution in [0.4, 0.5) is 0 Å². The van der Waals surface area contributed by atoms with Crippen LogP contribution in [-0.4, -0.2) is 51.2 Å². The van der Waals surface area contributed by atoms with Crippen LogP contribution in [0.1, 0.15) is 28.7 Å². The van der Waals surface area contributed by atoms with Crippen LogP contribution in [-0.2, 0) is 18.2 Å². The summed E-state index contributed by atoms with van der Waals surface area (Å²) in [6, 6.07) is 1.53. The second kappa shape index (κ2) is 6.96. The quantitative estimate of drug-likeness (QED) is 0.865. The maximum atomic E-state index is 12.6. The summed E-state index contributed by atoms with van der Waals surface area (Å²) >= 11 is 0. The molecule has 1 saturated heterocycles. The van der Waals surface area contributed by atoms with Gasteiger partial charge in [0.15, 0.2) is 5.75 Å². The molecule has 0 radical (unpaired) electrons. The number of aryl methyl sites for hydroxylation is 3. The molecule has 1 aliphatic heterocycles. The molecule has 1 N–H and O–H groups in total. The zero-order valence-corrected chi connectivity index (χ0v) is 14.0. The fourth-order valence-corrected chi connectivity index (χ4v) is 2.64. The van der Waals surface area contributed by atoms with E-state index in [9.17, 15) is 4.79 Å². The van der Waals surface area contributed by atoms with E-state index in [4.69, 9.17) is 9.47 Å². The summed E-state index contributed by atoms with van der Waals surface area (Å²) < 4.78 is 13.0. The van der Waals surface area contributed by atoms with Crippen molar-refractivity contribution in [3.63, 3.8) is 0 Å². The summed E-state index contributed by atoms with van der Waals surface area (Å²) in [4.78, 5) is 12.6. The van der Waals surface area contributed by atoms with Crippen molar-refractivity contribution >= 4 is 5.91 Å². The van der Waals surface area contributed by atoms with Gasteiger partial charge in [-0.05, 0) is 19.4 Å². The lowest BCUT2D eigenvalue weighted by Crippen LogP contribution is -2.45. The molecular formula is C16H21N5O3. The van der Waals surface area contributed by atoms with Crippen LogP contribution >= 0.6 is 0 Å². The molecule has 128 valence electrons. The third-order valence-electron chi connectivity index (χ3n) is 3.89. The van der Waals surface area contributed by atoms with E-state index in [1.807, 2.05) is 20.9 Å². The average Bonchev–Trinajstić information content (AvgIpc) is 3.17.